The molecule has 0 aliphatic heterocycles. The van der Waals surface area contributed by atoms with Gasteiger partial charge in [-0.25, -0.2) is 0 Å². The Bertz CT molecular complexity index is 781. The fourth-order valence-electron chi connectivity index (χ4n) is 2.43. The zero-order valence-electron chi connectivity index (χ0n) is 14.5. The highest BCUT2D eigenvalue weighted by molar-refractivity contribution is 6.04. The smallest absolute Gasteiger partial charge is 0.387 e. The first-order chi connectivity index (χ1) is 12.4. The number of hydrogen-bond donors (Lipinski definition) is 1. The van der Waals surface area contributed by atoms with Crippen LogP contribution in [-0.4, -0.2) is 29.9 Å². The van der Waals surface area contributed by atoms with Crippen molar-refractivity contribution in [3.63, 3.8) is 0 Å². The van der Waals surface area contributed by atoms with E-state index in [1.165, 1.54) is 31.2 Å². The van der Waals surface area contributed by atoms with E-state index in [2.05, 4.69) is 10.1 Å². The van der Waals surface area contributed by atoms with Crippen molar-refractivity contribution in [3.8, 4) is 5.75 Å². The van der Waals surface area contributed by atoms with Crippen molar-refractivity contribution >= 4 is 17.5 Å². The number of carbonyl (C=O) groups excluding carboxylic acids is 2. The molecule has 5 nitrogen and oxygen atoms in total. The summed E-state index contributed by atoms with van der Waals surface area (Å²) in [5.41, 5.74) is 1.62. The van der Waals surface area contributed by atoms with Gasteiger partial charge in [-0.15, -0.1) is 0 Å². The van der Waals surface area contributed by atoms with Crippen LogP contribution < -0.4 is 10.1 Å². The summed E-state index contributed by atoms with van der Waals surface area (Å²) in [6.07, 6.45) is 0. The van der Waals surface area contributed by atoms with E-state index >= 15 is 0 Å². The van der Waals surface area contributed by atoms with E-state index in [1.807, 2.05) is 13.0 Å². The van der Waals surface area contributed by atoms with Crippen molar-refractivity contribution in [1.82, 2.24) is 4.90 Å². The summed E-state index contributed by atoms with van der Waals surface area (Å²) in [6, 6.07) is 12.7. The average Bonchev–Trinajstić information content (AvgIpc) is 2.59. The van der Waals surface area contributed by atoms with Crippen LogP contribution in [0.4, 0.5) is 14.5 Å². The van der Waals surface area contributed by atoms with Gasteiger partial charge in [0.15, 0.2) is 0 Å². The molecular formula is C19H20F2N2O3. The quantitative estimate of drug-likeness (QED) is 0.812. The van der Waals surface area contributed by atoms with E-state index in [4.69, 9.17) is 0 Å². The maximum atomic E-state index is 12.3. The lowest BCUT2D eigenvalue weighted by Crippen LogP contribution is -2.27. The highest BCUT2D eigenvalue weighted by Gasteiger charge is 2.11. The normalized spacial score (nSPS) is 10.5. The van der Waals surface area contributed by atoms with Crippen LogP contribution in [0.15, 0.2) is 48.5 Å². The highest BCUT2D eigenvalue weighted by atomic mass is 19.3. The van der Waals surface area contributed by atoms with Gasteiger partial charge in [-0.2, -0.15) is 8.78 Å². The van der Waals surface area contributed by atoms with Crippen LogP contribution in [0.1, 0.15) is 29.8 Å². The predicted molar refractivity (Wildman–Crippen MR) is 94.2 cm³/mol. The molecule has 0 spiro atoms. The second-order valence-corrected chi connectivity index (χ2v) is 5.59. The van der Waals surface area contributed by atoms with Crippen LogP contribution in [0.2, 0.25) is 0 Å². The zero-order chi connectivity index (χ0) is 19.1. The minimum absolute atomic E-state index is 0.0298. The largest absolute Gasteiger partial charge is 0.435 e. The van der Waals surface area contributed by atoms with Crippen LogP contribution in [0, 0.1) is 0 Å². The molecule has 0 saturated carbocycles. The molecular weight excluding hydrogens is 342 g/mol. The van der Waals surface area contributed by atoms with Crippen molar-refractivity contribution in [3.05, 3.63) is 59.7 Å². The number of amides is 2. The van der Waals surface area contributed by atoms with Crippen LogP contribution in [-0.2, 0) is 11.3 Å². The van der Waals surface area contributed by atoms with Crippen molar-refractivity contribution in [1.29, 1.82) is 0 Å². The standard InChI is InChI=1S/C19H20F2N2O3/c1-3-23(13(2)24)12-14-6-4-8-16(10-14)22-18(25)15-7-5-9-17(11-15)26-19(20)21/h4-11,19H,3,12H2,1-2H3,(H,22,25). The van der Waals surface area contributed by atoms with Crippen LogP contribution >= 0.6 is 0 Å². The van der Waals surface area contributed by atoms with Gasteiger partial charge in [0.2, 0.25) is 5.91 Å². The molecule has 138 valence electrons. The first kappa shape index (κ1) is 19.4. The third kappa shape index (κ3) is 5.54. The van der Waals surface area contributed by atoms with Gasteiger partial charge in [0, 0.05) is 31.3 Å². The Labute approximate surface area is 150 Å². The van der Waals surface area contributed by atoms with Crippen LogP contribution in [0.25, 0.3) is 0 Å². The minimum atomic E-state index is -2.95. The van der Waals surface area contributed by atoms with Crippen molar-refractivity contribution in [2.75, 3.05) is 11.9 Å². The summed E-state index contributed by atoms with van der Waals surface area (Å²) in [4.78, 5) is 25.5. The van der Waals surface area contributed by atoms with Gasteiger partial charge in [-0.05, 0) is 42.8 Å². The van der Waals surface area contributed by atoms with Crippen molar-refractivity contribution < 1.29 is 23.1 Å². The van der Waals surface area contributed by atoms with E-state index < -0.39 is 12.5 Å². The van der Waals surface area contributed by atoms with E-state index in [1.54, 1.807) is 23.1 Å². The van der Waals surface area contributed by atoms with Crippen molar-refractivity contribution in [2.24, 2.45) is 0 Å². The number of hydrogen-bond acceptors (Lipinski definition) is 3. The monoisotopic (exact) mass is 362 g/mol. The van der Waals surface area contributed by atoms with E-state index in [0.29, 0.717) is 18.8 Å². The number of nitrogens with zero attached hydrogens (tertiary/aromatic N) is 1. The number of alkyl halides is 2. The molecule has 0 heterocycles. The molecule has 1 N–H and O–H groups in total. The number of benzene rings is 2. The Morgan fingerprint density at radius 2 is 1.88 bits per heavy atom. The molecule has 0 unspecified atom stereocenters. The lowest BCUT2D eigenvalue weighted by molar-refractivity contribution is -0.129. The maximum Gasteiger partial charge on any atom is 0.387 e. The maximum absolute atomic E-state index is 12.3. The molecule has 2 amide bonds. The van der Waals surface area contributed by atoms with Crippen LogP contribution in [0.3, 0.4) is 0 Å². The molecule has 2 aromatic rings. The molecule has 0 atom stereocenters. The van der Waals surface area contributed by atoms with E-state index in [9.17, 15) is 18.4 Å². The third-order valence-electron chi connectivity index (χ3n) is 3.71. The van der Waals surface area contributed by atoms with E-state index in [-0.39, 0.29) is 17.2 Å². The second-order valence-electron chi connectivity index (χ2n) is 5.59. The highest BCUT2D eigenvalue weighted by Crippen LogP contribution is 2.18. The summed E-state index contributed by atoms with van der Waals surface area (Å²) >= 11 is 0. The molecule has 2 aromatic carbocycles. The minimum Gasteiger partial charge on any atom is -0.435 e. The van der Waals surface area contributed by atoms with Gasteiger partial charge in [-0.1, -0.05) is 18.2 Å². The second kappa shape index (κ2) is 8.94. The molecule has 0 fully saturated rings. The predicted octanol–water partition coefficient (Wildman–Crippen LogP) is 3.91. The number of halogens is 2. The summed E-state index contributed by atoms with van der Waals surface area (Å²) in [5.74, 6) is -0.556. The summed E-state index contributed by atoms with van der Waals surface area (Å²) in [5, 5.41) is 2.71. The molecule has 26 heavy (non-hydrogen) atoms. The Hall–Kier alpha value is -2.96. The Morgan fingerprint density at radius 3 is 2.54 bits per heavy atom. The topological polar surface area (TPSA) is 58.6 Å². The molecule has 0 bridgehead atoms. The zero-order valence-corrected chi connectivity index (χ0v) is 14.5. The molecule has 7 heteroatoms. The van der Waals surface area contributed by atoms with Gasteiger partial charge in [-0.3, -0.25) is 9.59 Å². The molecule has 0 aliphatic carbocycles. The number of rotatable bonds is 7. The number of ether oxygens (including phenoxy) is 1. The van der Waals surface area contributed by atoms with Gasteiger partial charge >= 0.3 is 6.61 Å². The first-order valence-electron chi connectivity index (χ1n) is 8.09. The average molecular weight is 362 g/mol. The number of carbonyl (C=O) groups is 2. The summed E-state index contributed by atoms with van der Waals surface area (Å²) < 4.78 is 28.9. The molecule has 0 aromatic heterocycles. The summed E-state index contributed by atoms with van der Waals surface area (Å²) in [7, 11) is 0. The van der Waals surface area contributed by atoms with Gasteiger partial charge < -0.3 is 15.0 Å². The fourth-order valence-corrected chi connectivity index (χ4v) is 2.43. The molecule has 0 saturated heterocycles. The Kier molecular flexibility index (Phi) is 6.66. The molecule has 0 radical (unpaired) electrons. The lowest BCUT2D eigenvalue weighted by atomic mass is 10.1. The number of nitrogens with one attached hydrogen (secondary N) is 1. The Morgan fingerprint density at radius 1 is 1.15 bits per heavy atom. The van der Waals surface area contributed by atoms with Gasteiger partial charge in [0.25, 0.3) is 5.91 Å². The lowest BCUT2D eigenvalue weighted by Gasteiger charge is -2.19. The van der Waals surface area contributed by atoms with E-state index in [0.717, 1.165) is 5.56 Å². The Balaban J connectivity index is 2.10. The third-order valence-corrected chi connectivity index (χ3v) is 3.71. The fraction of sp³-hybridized carbons (Fsp3) is 0.263. The number of anilines is 1. The first-order valence-corrected chi connectivity index (χ1v) is 8.09. The van der Waals surface area contributed by atoms with Gasteiger partial charge in [0.1, 0.15) is 5.75 Å². The van der Waals surface area contributed by atoms with Crippen molar-refractivity contribution in [2.45, 2.75) is 27.0 Å². The molecule has 0 aliphatic rings. The molecule has 2 rings (SSSR count). The SMILES string of the molecule is CCN(Cc1cccc(NC(=O)c2cccc(OC(F)F)c2)c1)C(C)=O. The van der Waals surface area contributed by atoms with Crippen LogP contribution in [0.5, 0.6) is 5.75 Å². The summed E-state index contributed by atoms with van der Waals surface area (Å²) in [6.45, 7) is 1.47. The van der Waals surface area contributed by atoms with Gasteiger partial charge in [0.05, 0.1) is 0 Å².